The number of anilines is 1. The lowest BCUT2D eigenvalue weighted by Gasteiger charge is -2.11. The highest BCUT2D eigenvalue weighted by Gasteiger charge is 2.33. The Hall–Kier alpha value is -2.68. The molecular weight excluding hydrogens is 281 g/mol. The number of rotatable bonds is 3. The molecule has 0 spiro atoms. The van der Waals surface area contributed by atoms with Gasteiger partial charge in [-0.05, 0) is 35.9 Å². The van der Waals surface area contributed by atoms with Gasteiger partial charge in [-0.25, -0.2) is 0 Å². The highest BCUT2D eigenvalue weighted by molar-refractivity contribution is 5.45. The summed E-state index contributed by atoms with van der Waals surface area (Å²) in [6.07, 6.45) is -4.56. The normalized spacial score (nSPS) is 11.0. The van der Waals surface area contributed by atoms with E-state index in [9.17, 15) is 13.2 Å². The van der Waals surface area contributed by atoms with Crippen molar-refractivity contribution in [3.63, 3.8) is 0 Å². The van der Waals surface area contributed by atoms with Gasteiger partial charge in [-0.2, -0.15) is 18.4 Å². The fourth-order valence-corrected chi connectivity index (χ4v) is 1.73. The predicted molar refractivity (Wildman–Crippen MR) is 71.3 cm³/mol. The molecule has 2 aromatic carbocycles. The average Bonchev–Trinajstić information content (AvgIpc) is 2.45. The maximum absolute atomic E-state index is 12.7. The van der Waals surface area contributed by atoms with Gasteiger partial charge in [-0.1, -0.05) is 12.1 Å². The van der Waals surface area contributed by atoms with Crippen molar-refractivity contribution in [1.29, 1.82) is 5.26 Å². The molecule has 0 aliphatic rings. The second kappa shape index (κ2) is 5.75. The first kappa shape index (κ1) is 14.7. The average molecular weight is 292 g/mol. The van der Waals surface area contributed by atoms with Crippen molar-refractivity contribution in [2.75, 3.05) is 5.73 Å². The van der Waals surface area contributed by atoms with Crippen LogP contribution < -0.4 is 10.5 Å². The molecule has 0 bridgehead atoms. The van der Waals surface area contributed by atoms with Gasteiger partial charge in [0.2, 0.25) is 0 Å². The maximum atomic E-state index is 12.7. The van der Waals surface area contributed by atoms with Crippen molar-refractivity contribution in [3.8, 4) is 11.8 Å². The van der Waals surface area contributed by atoms with Gasteiger partial charge < -0.3 is 10.5 Å². The summed E-state index contributed by atoms with van der Waals surface area (Å²) < 4.78 is 43.3. The quantitative estimate of drug-likeness (QED) is 0.877. The first-order valence-electron chi connectivity index (χ1n) is 5.98. The fourth-order valence-electron chi connectivity index (χ4n) is 1.73. The van der Waals surface area contributed by atoms with Gasteiger partial charge >= 0.3 is 6.18 Å². The number of nitrogens with zero attached hydrogens (tertiary/aromatic N) is 1. The molecule has 3 nitrogen and oxygen atoms in total. The zero-order valence-electron chi connectivity index (χ0n) is 10.8. The summed E-state index contributed by atoms with van der Waals surface area (Å²) in [5.74, 6) is 0.205. The van der Waals surface area contributed by atoms with E-state index in [0.29, 0.717) is 5.69 Å². The van der Waals surface area contributed by atoms with E-state index in [4.69, 9.17) is 15.7 Å². The van der Waals surface area contributed by atoms with Crippen molar-refractivity contribution in [1.82, 2.24) is 0 Å². The lowest BCUT2D eigenvalue weighted by molar-refractivity contribution is -0.137. The number of alkyl halides is 3. The Kier molecular flexibility index (Phi) is 4.03. The lowest BCUT2D eigenvalue weighted by Crippen LogP contribution is -2.08. The fraction of sp³-hybridized carbons (Fsp3) is 0.133. The standard InChI is InChI=1S/C15H11F3N2O/c16-15(17,18)14-6-5-13(7-11(14)8-19)21-9-10-1-3-12(20)4-2-10/h1-7H,9,20H2. The highest BCUT2D eigenvalue weighted by Crippen LogP contribution is 2.33. The maximum Gasteiger partial charge on any atom is 0.417 e. The van der Waals surface area contributed by atoms with Crippen LogP contribution in [-0.4, -0.2) is 0 Å². The van der Waals surface area contributed by atoms with E-state index in [1.54, 1.807) is 24.3 Å². The van der Waals surface area contributed by atoms with Crippen LogP contribution in [0.1, 0.15) is 16.7 Å². The molecule has 21 heavy (non-hydrogen) atoms. The van der Waals surface area contributed by atoms with Gasteiger partial charge in [0, 0.05) is 5.69 Å². The molecule has 0 aromatic heterocycles. The van der Waals surface area contributed by atoms with E-state index in [1.165, 1.54) is 12.1 Å². The molecule has 0 amide bonds. The molecular formula is C15H11F3N2O. The summed E-state index contributed by atoms with van der Waals surface area (Å²) in [4.78, 5) is 0. The van der Waals surface area contributed by atoms with Crippen molar-refractivity contribution in [3.05, 3.63) is 59.2 Å². The van der Waals surface area contributed by atoms with Gasteiger partial charge in [0.15, 0.2) is 0 Å². The number of hydrogen-bond donors (Lipinski definition) is 1. The van der Waals surface area contributed by atoms with Crippen LogP contribution in [0.25, 0.3) is 0 Å². The molecule has 2 N–H and O–H groups in total. The van der Waals surface area contributed by atoms with Crippen LogP contribution in [0.15, 0.2) is 42.5 Å². The number of nitriles is 1. The molecule has 0 fully saturated rings. The van der Waals surface area contributed by atoms with Crippen molar-refractivity contribution >= 4 is 5.69 Å². The Bertz CT molecular complexity index is 673. The Morgan fingerprint density at radius 2 is 1.76 bits per heavy atom. The van der Waals surface area contributed by atoms with Gasteiger partial charge in [-0.15, -0.1) is 0 Å². The van der Waals surface area contributed by atoms with Crippen LogP contribution in [0.2, 0.25) is 0 Å². The van der Waals surface area contributed by atoms with Crippen LogP contribution in [0, 0.1) is 11.3 Å². The van der Waals surface area contributed by atoms with E-state index < -0.39 is 17.3 Å². The summed E-state index contributed by atoms with van der Waals surface area (Å²) in [6.45, 7) is 0.177. The highest BCUT2D eigenvalue weighted by atomic mass is 19.4. The number of benzene rings is 2. The van der Waals surface area contributed by atoms with E-state index in [2.05, 4.69) is 0 Å². The molecule has 0 atom stereocenters. The smallest absolute Gasteiger partial charge is 0.417 e. The Morgan fingerprint density at radius 1 is 1.10 bits per heavy atom. The molecule has 2 rings (SSSR count). The minimum atomic E-state index is -4.56. The first-order chi connectivity index (χ1) is 9.90. The molecule has 0 heterocycles. The molecule has 0 aliphatic carbocycles. The lowest BCUT2D eigenvalue weighted by atomic mass is 10.1. The third-order valence-electron chi connectivity index (χ3n) is 2.80. The summed E-state index contributed by atoms with van der Waals surface area (Å²) in [5, 5.41) is 8.80. The van der Waals surface area contributed by atoms with Crippen molar-refractivity contribution < 1.29 is 17.9 Å². The van der Waals surface area contributed by atoms with Crippen LogP contribution in [0.3, 0.4) is 0 Å². The third-order valence-corrected chi connectivity index (χ3v) is 2.80. The molecule has 6 heteroatoms. The Balaban J connectivity index is 2.15. The van der Waals surface area contributed by atoms with E-state index >= 15 is 0 Å². The summed E-state index contributed by atoms with van der Waals surface area (Å²) in [6, 6.07) is 11.6. The molecule has 0 saturated heterocycles. The number of halogens is 3. The topological polar surface area (TPSA) is 59.0 Å². The first-order valence-corrected chi connectivity index (χ1v) is 5.98. The summed E-state index contributed by atoms with van der Waals surface area (Å²) in [7, 11) is 0. The zero-order chi connectivity index (χ0) is 15.5. The van der Waals surface area contributed by atoms with Gasteiger partial charge in [0.25, 0.3) is 0 Å². The minimum absolute atomic E-state index is 0.177. The van der Waals surface area contributed by atoms with E-state index in [-0.39, 0.29) is 12.4 Å². The van der Waals surface area contributed by atoms with Gasteiger partial charge in [-0.3, -0.25) is 0 Å². The largest absolute Gasteiger partial charge is 0.489 e. The van der Waals surface area contributed by atoms with Crippen molar-refractivity contribution in [2.24, 2.45) is 0 Å². The minimum Gasteiger partial charge on any atom is -0.489 e. The van der Waals surface area contributed by atoms with Crippen LogP contribution >= 0.6 is 0 Å². The predicted octanol–water partition coefficient (Wildman–Crippen LogP) is 3.74. The molecule has 0 unspecified atom stereocenters. The Morgan fingerprint density at radius 3 is 2.33 bits per heavy atom. The molecule has 0 radical (unpaired) electrons. The summed E-state index contributed by atoms with van der Waals surface area (Å²) >= 11 is 0. The zero-order valence-corrected chi connectivity index (χ0v) is 10.8. The van der Waals surface area contributed by atoms with Gasteiger partial charge in [0.05, 0.1) is 17.2 Å². The number of ether oxygens (including phenoxy) is 1. The SMILES string of the molecule is N#Cc1cc(OCc2ccc(N)cc2)ccc1C(F)(F)F. The Labute approximate surface area is 119 Å². The summed E-state index contributed by atoms with van der Waals surface area (Å²) in [5.41, 5.74) is 5.55. The molecule has 0 aliphatic heterocycles. The van der Waals surface area contributed by atoms with Crippen molar-refractivity contribution in [2.45, 2.75) is 12.8 Å². The third kappa shape index (κ3) is 3.66. The van der Waals surface area contributed by atoms with E-state index in [0.717, 1.165) is 17.7 Å². The van der Waals surface area contributed by atoms with Gasteiger partial charge in [0.1, 0.15) is 12.4 Å². The number of hydrogen-bond acceptors (Lipinski definition) is 3. The van der Waals surface area contributed by atoms with Crippen LogP contribution in [0.5, 0.6) is 5.75 Å². The van der Waals surface area contributed by atoms with E-state index in [1.807, 2.05) is 0 Å². The second-order valence-electron chi connectivity index (χ2n) is 4.35. The molecule has 0 saturated carbocycles. The monoisotopic (exact) mass is 292 g/mol. The number of nitrogen functional groups attached to an aromatic ring is 1. The number of nitrogens with two attached hydrogens (primary N) is 1. The molecule has 2 aromatic rings. The molecule has 108 valence electrons. The second-order valence-corrected chi connectivity index (χ2v) is 4.35. The van der Waals surface area contributed by atoms with Crippen LogP contribution in [-0.2, 0) is 12.8 Å². The van der Waals surface area contributed by atoms with Crippen LogP contribution in [0.4, 0.5) is 18.9 Å².